The van der Waals surface area contributed by atoms with Crippen molar-refractivity contribution in [2.24, 2.45) is 0 Å². The molecule has 1 atom stereocenters. The van der Waals surface area contributed by atoms with E-state index in [-0.39, 0.29) is 16.0 Å². The molecule has 112 valence electrons. The number of halogens is 1. The summed E-state index contributed by atoms with van der Waals surface area (Å²) in [6.45, 7) is 3.43. The highest BCUT2D eigenvalue weighted by Crippen LogP contribution is 2.23. The van der Waals surface area contributed by atoms with Gasteiger partial charge in [-0.2, -0.15) is 0 Å². The molecule has 6 heteroatoms. The van der Waals surface area contributed by atoms with Crippen LogP contribution in [0.3, 0.4) is 0 Å². The molecule has 1 unspecified atom stereocenters. The molecule has 0 saturated carbocycles. The summed E-state index contributed by atoms with van der Waals surface area (Å²) in [4.78, 5) is 0.183. The molecule has 0 aliphatic carbocycles. The highest BCUT2D eigenvalue weighted by molar-refractivity contribution is 7.89. The van der Waals surface area contributed by atoms with E-state index in [2.05, 4.69) is 17.0 Å². The minimum atomic E-state index is -3.54. The van der Waals surface area contributed by atoms with Crippen LogP contribution < -0.4 is 10.0 Å². The monoisotopic (exact) mass is 316 g/mol. The summed E-state index contributed by atoms with van der Waals surface area (Å²) < 4.78 is 27.3. The van der Waals surface area contributed by atoms with Crippen LogP contribution in [0.5, 0.6) is 0 Å². The topological polar surface area (TPSA) is 58.2 Å². The Morgan fingerprint density at radius 3 is 2.90 bits per heavy atom. The summed E-state index contributed by atoms with van der Waals surface area (Å²) in [5.74, 6) is 0. The van der Waals surface area contributed by atoms with Crippen LogP contribution >= 0.6 is 11.6 Å². The average Bonchev–Trinajstić information content (AvgIpc) is 2.92. The van der Waals surface area contributed by atoms with E-state index in [1.807, 2.05) is 6.07 Å². The highest BCUT2D eigenvalue weighted by atomic mass is 35.5. The molecule has 1 aromatic rings. The van der Waals surface area contributed by atoms with E-state index in [9.17, 15) is 8.42 Å². The van der Waals surface area contributed by atoms with E-state index in [0.29, 0.717) is 6.54 Å². The van der Waals surface area contributed by atoms with Crippen molar-refractivity contribution < 1.29 is 8.42 Å². The van der Waals surface area contributed by atoms with Gasteiger partial charge in [-0.15, -0.1) is 0 Å². The normalized spacial score (nSPS) is 19.4. The highest BCUT2D eigenvalue weighted by Gasteiger charge is 2.21. The fourth-order valence-electron chi connectivity index (χ4n) is 2.42. The van der Waals surface area contributed by atoms with Gasteiger partial charge in [-0.05, 0) is 43.5 Å². The first-order chi connectivity index (χ1) is 9.53. The van der Waals surface area contributed by atoms with E-state index in [4.69, 9.17) is 11.6 Å². The lowest BCUT2D eigenvalue weighted by atomic mass is 10.1. The van der Waals surface area contributed by atoms with Crippen molar-refractivity contribution in [1.82, 2.24) is 10.0 Å². The van der Waals surface area contributed by atoms with Crippen LogP contribution in [0.2, 0.25) is 5.02 Å². The number of sulfonamides is 1. The van der Waals surface area contributed by atoms with Crippen molar-refractivity contribution in [2.45, 2.75) is 43.5 Å². The Bertz CT molecular complexity index is 554. The summed E-state index contributed by atoms with van der Waals surface area (Å²) in [5.41, 5.74) is 0.997. The fraction of sp³-hybridized carbons (Fsp3) is 0.571. The quantitative estimate of drug-likeness (QED) is 0.847. The molecule has 0 spiro atoms. The first-order valence-electron chi connectivity index (χ1n) is 7.04. The Morgan fingerprint density at radius 2 is 2.25 bits per heavy atom. The Kier molecular flexibility index (Phi) is 5.43. The third kappa shape index (κ3) is 3.95. The second-order valence-electron chi connectivity index (χ2n) is 5.16. The molecule has 0 bridgehead atoms. The van der Waals surface area contributed by atoms with Gasteiger partial charge in [0.05, 0.1) is 5.02 Å². The minimum Gasteiger partial charge on any atom is -0.313 e. The number of nitrogens with one attached hydrogen (secondary N) is 2. The Hall–Kier alpha value is -0.620. The van der Waals surface area contributed by atoms with Crippen molar-refractivity contribution in [1.29, 1.82) is 0 Å². The number of hydrogen-bond donors (Lipinski definition) is 2. The molecule has 4 nitrogen and oxygen atoms in total. The zero-order valence-corrected chi connectivity index (χ0v) is 13.2. The predicted molar refractivity (Wildman–Crippen MR) is 81.7 cm³/mol. The van der Waals surface area contributed by atoms with E-state index in [1.54, 1.807) is 12.1 Å². The fourth-order valence-corrected chi connectivity index (χ4v) is 4.05. The number of rotatable bonds is 6. The van der Waals surface area contributed by atoms with Crippen molar-refractivity contribution in [3.05, 3.63) is 28.8 Å². The van der Waals surface area contributed by atoms with Crippen molar-refractivity contribution >= 4 is 21.6 Å². The van der Waals surface area contributed by atoms with Crippen LogP contribution in [0.25, 0.3) is 0 Å². The van der Waals surface area contributed by atoms with E-state index < -0.39 is 10.0 Å². The first-order valence-corrected chi connectivity index (χ1v) is 8.90. The Labute approximate surface area is 126 Å². The second-order valence-corrected chi connectivity index (χ2v) is 7.30. The van der Waals surface area contributed by atoms with Gasteiger partial charge in [0.15, 0.2) is 0 Å². The molecule has 1 fully saturated rings. The second kappa shape index (κ2) is 6.89. The van der Waals surface area contributed by atoms with Crippen molar-refractivity contribution in [2.75, 3.05) is 13.1 Å². The summed E-state index contributed by atoms with van der Waals surface area (Å²) >= 11 is 6.04. The number of hydrogen-bond acceptors (Lipinski definition) is 3. The number of aryl methyl sites for hydroxylation is 1. The Balaban J connectivity index is 2.12. The van der Waals surface area contributed by atoms with E-state index >= 15 is 0 Å². The van der Waals surface area contributed by atoms with Gasteiger partial charge in [0, 0.05) is 12.6 Å². The maximum absolute atomic E-state index is 12.3. The van der Waals surface area contributed by atoms with Gasteiger partial charge in [0.2, 0.25) is 10.0 Å². The maximum Gasteiger partial charge on any atom is 0.242 e. The molecule has 1 heterocycles. The predicted octanol–water partition coefficient (Wildman–Crippen LogP) is 2.32. The van der Waals surface area contributed by atoms with Gasteiger partial charge in [0.25, 0.3) is 0 Å². The van der Waals surface area contributed by atoms with Crippen LogP contribution in [-0.2, 0) is 16.4 Å². The molecular weight excluding hydrogens is 296 g/mol. The van der Waals surface area contributed by atoms with Gasteiger partial charge in [-0.3, -0.25) is 0 Å². The van der Waals surface area contributed by atoms with Gasteiger partial charge in [-0.1, -0.05) is 31.0 Å². The van der Waals surface area contributed by atoms with Gasteiger partial charge in [-0.25, -0.2) is 13.1 Å². The SMILES string of the molecule is CCCc1ccc(Cl)c(S(=O)(=O)NCC2CCCN2)c1. The smallest absolute Gasteiger partial charge is 0.242 e. The molecule has 2 N–H and O–H groups in total. The summed E-state index contributed by atoms with van der Waals surface area (Å²) in [5, 5.41) is 3.54. The molecule has 2 rings (SSSR count). The molecule has 1 saturated heterocycles. The lowest BCUT2D eigenvalue weighted by molar-refractivity contribution is 0.551. The van der Waals surface area contributed by atoms with E-state index in [1.165, 1.54) is 0 Å². The van der Waals surface area contributed by atoms with Crippen LogP contribution in [0, 0.1) is 0 Å². The lowest BCUT2D eigenvalue weighted by Gasteiger charge is -2.13. The molecule has 1 aliphatic heterocycles. The zero-order chi connectivity index (χ0) is 14.6. The van der Waals surface area contributed by atoms with Crippen LogP contribution in [0.15, 0.2) is 23.1 Å². The van der Waals surface area contributed by atoms with Gasteiger partial charge >= 0.3 is 0 Å². The molecule has 1 aliphatic rings. The maximum atomic E-state index is 12.3. The summed E-state index contributed by atoms with van der Waals surface area (Å²) in [7, 11) is -3.54. The van der Waals surface area contributed by atoms with Crippen LogP contribution in [0.4, 0.5) is 0 Å². The minimum absolute atomic E-state index is 0.183. The lowest BCUT2D eigenvalue weighted by Crippen LogP contribution is -2.37. The summed E-state index contributed by atoms with van der Waals surface area (Å²) in [6, 6.07) is 5.44. The molecule has 1 aromatic carbocycles. The van der Waals surface area contributed by atoms with Gasteiger partial charge in [0.1, 0.15) is 4.90 Å². The average molecular weight is 317 g/mol. The third-order valence-corrected chi connectivity index (χ3v) is 5.41. The standard InChI is InChI=1S/C14H21ClN2O2S/c1-2-4-11-6-7-13(15)14(9-11)20(18,19)17-10-12-5-3-8-16-12/h6-7,9,12,16-17H,2-5,8,10H2,1H3. The molecule has 0 radical (unpaired) electrons. The molecule has 0 amide bonds. The zero-order valence-electron chi connectivity index (χ0n) is 11.7. The first kappa shape index (κ1) is 15.8. The van der Waals surface area contributed by atoms with Crippen molar-refractivity contribution in [3.63, 3.8) is 0 Å². The molecule has 20 heavy (non-hydrogen) atoms. The van der Waals surface area contributed by atoms with Crippen LogP contribution in [0.1, 0.15) is 31.7 Å². The molecule has 0 aromatic heterocycles. The van der Waals surface area contributed by atoms with E-state index in [0.717, 1.165) is 37.8 Å². The summed E-state index contributed by atoms with van der Waals surface area (Å²) in [6.07, 6.45) is 3.93. The van der Waals surface area contributed by atoms with Crippen LogP contribution in [-0.4, -0.2) is 27.5 Å². The van der Waals surface area contributed by atoms with Crippen molar-refractivity contribution in [3.8, 4) is 0 Å². The largest absolute Gasteiger partial charge is 0.313 e. The number of benzene rings is 1. The Morgan fingerprint density at radius 1 is 1.45 bits per heavy atom. The molecular formula is C14H21ClN2O2S. The third-order valence-electron chi connectivity index (χ3n) is 3.51. The van der Waals surface area contributed by atoms with Gasteiger partial charge < -0.3 is 5.32 Å².